The third-order valence-corrected chi connectivity index (χ3v) is 1.96. The molecule has 0 saturated heterocycles. The van der Waals surface area contributed by atoms with Crippen LogP contribution in [0.5, 0.6) is 0 Å². The van der Waals surface area contributed by atoms with E-state index < -0.39 is 6.17 Å². The normalized spacial score (nSPS) is 13.0. The van der Waals surface area contributed by atoms with E-state index in [-0.39, 0.29) is 6.54 Å². The first kappa shape index (κ1) is 8.62. The lowest BCUT2D eigenvalue weighted by atomic mass is 10.2. The van der Waals surface area contributed by atoms with Crippen LogP contribution in [0.2, 0.25) is 0 Å². The van der Waals surface area contributed by atoms with E-state index in [1.165, 1.54) is 0 Å². The first-order chi connectivity index (χ1) is 5.25. The van der Waals surface area contributed by atoms with Gasteiger partial charge in [-0.1, -0.05) is 0 Å². The van der Waals surface area contributed by atoms with E-state index in [1.807, 2.05) is 0 Å². The van der Waals surface area contributed by atoms with Crippen LogP contribution < -0.4 is 5.73 Å². The number of alkyl halides is 1. The molecule has 11 heavy (non-hydrogen) atoms. The lowest BCUT2D eigenvalue weighted by molar-refractivity contribution is 0.343. The number of halogens is 2. The number of hydrogen-bond donors (Lipinski definition) is 1. The molecule has 0 aliphatic heterocycles. The minimum absolute atomic E-state index is 0.0321. The van der Waals surface area contributed by atoms with Gasteiger partial charge in [-0.05, 0) is 28.1 Å². The molecule has 0 saturated carbocycles. The van der Waals surface area contributed by atoms with Crippen LogP contribution in [0.3, 0.4) is 0 Å². The van der Waals surface area contributed by atoms with Gasteiger partial charge in [0.25, 0.3) is 0 Å². The summed E-state index contributed by atoms with van der Waals surface area (Å²) in [6.07, 6.45) is 0.369. The zero-order valence-electron chi connectivity index (χ0n) is 5.80. The number of hydrogen-bond acceptors (Lipinski definition) is 2. The minimum Gasteiger partial charge on any atom is -0.327 e. The molecule has 0 aliphatic rings. The van der Waals surface area contributed by atoms with Gasteiger partial charge in [-0.15, -0.1) is 0 Å². The minimum atomic E-state index is -1.18. The van der Waals surface area contributed by atoms with Gasteiger partial charge >= 0.3 is 0 Å². The van der Waals surface area contributed by atoms with Crippen molar-refractivity contribution >= 4 is 15.9 Å². The van der Waals surface area contributed by atoms with E-state index >= 15 is 0 Å². The van der Waals surface area contributed by atoms with Crippen LogP contribution in [0.15, 0.2) is 22.8 Å². The van der Waals surface area contributed by atoms with Crippen LogP contribution in [0.1, 0.15) is 11.9 Å². The summed E-state index contributed by atoms with van der Waals surface area (Å²) in [6.45, 7) is -0.0321. The highest BCUT2D eigenvalue weighted by molar-refractivity contribution is 9.10. The fourth-order valence-corrected chi connectivity index (χ4v) is 1.24. The van der Waals surface area contributed by atoms with E-state index in [2.05, 4.69) is 20.9 Å². The molecule has 1 unspecified atom stereocenters. The maximum absolute atomic E-state index is 12.9. The van der Waals surface area contributed by atoms with E-state index in [4.69, 9.17) is 5.73 Å². The molecule has 2 nitrogen and oxygen atoms in total. The molecular weight excluding hydrogens is 211 g/mol. The van der Waals surface area contributed by atoms with E-state index in [1.54, 1.807) is 18.3 Å². The molecular formula is C7H8BrFN2. The second-order valence-corrected chi connectivity index (χ2v) is 2.93. The van der Waals surface area contributed by atoms with Gasteiger partial charge in [-0.25, -0.2) is 4.39 Å². The standard InChI is InChI=1S/C7H8BrFN2/c8-5-2-1-3-11-7(5)6(9)4-10/h1-3,6H,4,10H2. The van der Waals surface area contributed by atoms with E-state index in [9.17, 15) is 4.39 Å². The largest absolute Gasteiger partial charge is 0.327 e. The molecule has 1 aromatic heterocycles. The zero-order valence-corrected chi connectivity index (χ0v) is 7.38. The molecule has 1 aromatic rings. The summed E-state index contributed by atoms with van der Waals surface area (Å²) in [6, 6.07) is 3.47. The number of rotatable bonds is 2. The monoisotopic (exact) mass is 218 g/mol. The van der Waals surface area contributed by atoms with Gasteiger partial charge in [0.1, 0.15) is 0 Å². The summed E-state index contributed by atoms with van der Waals surface area (Å²) < 4.78 is 13.6. The predicted octanol–water partition coefficient (Wildman–Crippen LogP) is 1.81. The molecule has 0 radical (unpaired) electrons. The maximum Gasteiger partial charge on any atom is 0.155 e. The third-order valence-electron chi connectivity index (χ3n) is 1.29. The zero-order chi connectivity index (χ0) is 8.27. The summed E-state index contributed by atoms with van der Waals surface area (Å²) in [5.41, 5.74) is 5.51. The molecule has 0 aromatic carbocycles. The molecule has 1 rings (SSSR count). The number of nitrogens with zero attached hydrogens (tertiary/aromatic N) is 1. The summed E-state index contributed by atoms with van der Waals surface area (Å²) in [5, 5.41) is 0. The summed E-state index contributed by atoms with van der Waals surface area (Å²) in [4.78, 5) is 3.85. The van der Waals surface area contributed by atoms with E-state index in [0.717, 1.165) is 0 Å². The Kier molecular flexibility index (Phi) is 2.96. The van der Waals surface area contributed by atoms with Gasteiger partial charge in [0.2, 0.25) is 0 Å². The lowest BCUT2D eigenvalue weighted by Gasteiger charge is -2.05. The molecule has 0 fully saturated rings. The Morgan fingerprint density at radius 3 is 3.00 bits per heavy atom. The Labute approximate surface area is 72.8 Å². The second kappa shape index (κ2) is 3.78. The number of aromatic nitrogens is 1. The number of pyridine rings is 1. The highest BCUT2D eigenvalue weighted by atomic mass is 79.9. The van der Waals surface area contributed by atoms with Gasteiger partial charge in [0, 0.05) is 17.2 Å². The van der Waals surface area contributed by atoms with Crippen LogP contribution in [0, 0.1) is 0 Å². The predicted molar refractivity (Wildman–Crippen MR) is 44.8 cm³/mol. The number of nitrogens with two attached hydrogens (primary N) is 1. The molecule has 2 N–H and O–H groups in total. The van der Waals surface area contributed by atoms with Crippen molar-refractivity contribution in [3.63, 3.8) is 0 Å². The molecule has 1 heterocycles. The topological polar surface area (TPSA) is 38.9 Å². The summed E-state index contributed by atoms with van der Waals surface area (Å²) in [5.74, 6) is 0. The summed E-state index contributed by atoms with van der Waals surface area (Å²) in [7, 11) is 0. The summed E-state index contributed by atoms with van der Waals surface area (Å²) >= 11 is 3.18. The van der Waals surface area contributed by atoms with Crippen LogP contribution in [0.4, 0.5) is 4.39 Å². The van der Waals surface area contributed by atoms with Gasteiger partial charge in [0.15, 0.2) is 6.17 Å². The molecule has 0 spiro atoms. The Morgan fingerprint density at radius 2 is 2.45 bits per heavy atom. The van der Waals surface area contributed by atoms with Crippen LogP contribution in [0.25, 0.3) is 0 Å². The van der Waals surface area contributed by atoms with Crippen molar-refractivity contribution < 1.29 is 4.39 Å². The Hall–Kier alpha value is -0.480. The van der Waals surface area contributed by atoms with Crippen LogP contribution >= 0.6 is 15.9 Å². The van der Waals surface area contributed by atoms with Gasteiger partial charge < -0.3 is 5.73 Å². The molecule has 0 bridgehead atoms. The smallest absolute Gasteiger partial charge is 0.155 e. The van der Waals surface area contributed by atoms with Crippen molar-refractivity contribution in [2.75, 3.05) is 6.54 Å². The third kappa shape index (κ3) is 1.97. The van der Waals surface area contributed by atoms with Crippen molar-refractivity contribution in [3.05, 3.63) is 28.5 Å². The SMILES string of the molecule is NCC(F)c1ncccc1Br. The van der Waals surface area contributed by atoms with Crippen molar-refractivity contribution in [1.29, 1.82) is 0 Å². The van der Waals surface area contributed by atoms with Crippen LogP contribution in [-0.4, -0.2) is 11.5 Å². The fourth-order valence-electron chi connectivity index (χ4n) is 0.740. The highest BCUT2D eigenvalue weighted by Gasteiger charge is 2.11. The van der Waals surface area contributed by atoms with Gasteiger partial charge in [-0.2, -0.15) is 0 Å². The fraction of sp³-hybridized carbons (Fsp3) is 0.286. The van der Waals surface area contributed by atoms with Crippen molar-refractivity contribution in [3.8, 4) is 0 Å². The Balaban J connectivity index is 2.93. The highest BCUT2D eigenvalue weighted by Crippen LogP contribution is 2.22. The van der Waals surface area contributed by atoms with Crippen molar-refractivity contribution in [2.24, 2.45) is 5.73 Å². The van der Waals surface area contributed by atoms with Gasteiger partial charge in [-0.3, -0.25) is 4.98 Å². The van der Waals surface area contributed by atoms with Crippen molar-refractivity contribution in [1.82, 2.24) is 4.98 Å². The quantitative estimate of drug-likeness (QED) is 0.823. The first-order valence-electron chi connectivity index (χ1n) is 3.20. The Bertz CT molecular complexity index is 242. The molecule has 1 atom stereocenters. The average molecular weight is 219 g/mol. The molecule has 0 aliphatic carbocycles. The van der Waals surface area contributed by atoms with E-state index in [0.29, 0.717) is 10.2 Å². The first-order valence-corrected chi connectivity index (χ1v) is 3.99. The average Bonchev–Trinajstić information content (AvgIpc) is 2.04. The molecule has 4 heteroatoms. The van der Waals surface area contributed by atoms with Crippen molar-refractivity contribution in [2.45, 2.75) is 6.17 Å². The molecule has 60 valence electrons. The molecule has 0 amide bonds. The second-order valence-electron chi connectivity index (χ2n) is 2.07. The van der Waals surface area contributed by atoms with Gasteiger partial charge in [0.05, 0.1) is 5.69 Å². The Morgan fingerprint density at radius 1 is 1.73 bits per heavy atom. The van der Waals surface area contributed by atoms with Crippen LogP contribution in [-0.2, 0) is 0 Å². The maximum atomic E-state index is 12.9. The lowest BCUT2D eigenvalue weighted by Crippen LogP contribution is -2.09.